The smallest absolute Gasteiger partial charge is 0.255 e. The molecule has 2 aromatic rings. The summed E-state index contributed by atoms with van der Waals surface area (Å²) >= 11 is 9.36. The lowest BCUT2D eigenvalue weighted by molar-refractivity contribution is 0.0996. The summed E-state index contributed by atoms with van der Waals surface area (Å²) in [6.07, 6.45) is 0. The highest BCUT2D eigenvalue weighted by molar-refractivity contribution is 9.10. The molecule has 0 aliphatic rings. The summed E-state index contributed by atoms with van der Waals surface area (Å²) < 4.78 is 0.810. The number of hydrogen-bond donors (Lipinski definition) is 2. The zero-order valence-corrected chi connectivity index (χ0v) is 13.5. The molecule has 0 fully saturated rings. The van der Waals surface area contributed by atoms with Gasteiger partial charge >= 0.3 is 0 Å². The molecule has 3 N–H and O–H groups in total. The zero-order valence-electron chi connectivity index (χ0n) is 11.1. The highest BCUT2D eigenvalue weighted by Crippen LogP contribution is 2.24. The predicted octanol–water partition coefficient (Wildman–Crippen LogP) is 3.76. The van der Waals surface area contributed by atoms with Gasteiger partial charge in [0.25, 0.3) is 5.91 Å². The van der Waals surface area contributed by atoms with E-state index in [2.05, 4.69) is 21.2 Å². The standard InChI is InChI=1S/C15H12BrClN2O2/c1-8-4-10(6-11(16)5-8)15(21)19-13-7-9(14(18)20)2-3-12(13)17/h2-7H,1H3,(H2,18,20)(H,19,21). The lowest BCUT2D eigenvalue weighted by Gasteiger charge is -2.09. The molecule has 0 saturated heterocycles. The van der Waals surface area contributed by atoms with E-state index in [9.17, 15) is 9.59 Å². The minimum absolute atomic E-state index is 0.278. The monoisotopic (exact) mass is 366 g/mol. The van der Waals surface area contributed by atoms with Gasteiger partial charge < -0.3 is 11.1 Å². The third-order valence-electron chi connectivity index (χ3n) is 2.80. The zero-order chi connectivity index (χ0) is 15.6. The summed E-state index contributed by atoms with van der Waals surface area (Å²) in [5.74, 6) is -0.900. The molecule has 108 valence electrons. The van der Waals surface area contributed by atoms with Crippen LogP contribution < -0.4 is 11.1 Å². The van der Waals surface area contributed by atoms with Crippen molar-refractivity contribution in [3.05, 3.63) is 62.6 Å². The average Bonchev–Trinajstić information content (AvgIpc) is 2.39. The quantitative estimate of drug-likeness (QED) is 0.867. The first-order chi connectivity index (χ1) is 9.86. The molecule has 0 bridgehead atoms. The summed E-state index contributed by atoms with van der Waals surface area (Å²) in [4.78, 5) is 23.4. The molecular formula is C15H12BrClN2O2. The van der Waals surface area contributed by atoms with Gasteiger partial charge in [0.05, 0.1) is 10.7 Å². The van der Waals surface area contributed by atoms with Crippen LogP contribution in [0.15, 0.2) is 40.9 Å². The molecule has 0 unspecified atom stereocenters. The SMILES string of the molecule is Cc1cc(Br)cc(C(=O)Nc2cc(C(N)=O)ccc2Cl)c1. The van der Waals surface area contributed by atoms with Crippen molar-refractivity contribution in [2.45, 2.75) is 6.92 Å². The molecule has 0 aliphatic heterocycles. The van der Waals surface area contributed by atoms with Crippen LogP contribution in [0.25, 0.3) is 0 Å². The van der Waals surface area contributed by atoms with E-state index in [4.69, 9.17) is 17.3 Å². The van der Waals surface area contributed by atoms with Crippen molar-refractivity contribution in [2.24, 2.45) is 5.73 Å². The fraction of sp³-hybridized carbons (Fsp3) is 0.0667. The van der Waals surface area contributed by atoms with E-state index >= 15 is 0 Å². The van der Waals surface area contributed by atoms with Gasteiger partial charge in [-0.1, -0.05) is 27.5 Å². The third kappa shape index (κ3) is 3.83. The number of halogens is 2. The molecule has 2 aromatic carbocycles. The minimum Gasteiger partial charge on any atom is -0.366 e. The Bertz CT molecular complexity index is 711. The number of aryl methyl sites for hydroxylation is 1. The Morgan fingerprint density at radius 2 is 1.86 bits per heavy atom. The second-order valence-corrected chi connectivity index (χ2v) is 5.85. The van der Waals surface area contributed by atoms with E-state index in [-0.39, 0.29) is 11.5 Å². The van der Waals surface area contributed by atoms with E-state index in [1.807, 2.05) is 13.0 Å². The van der Waals surface area contributed by atoms with Crippen molar-refractivity contribution in [3.8, 4) is 0 Å². The van der Waals surface area contributed by atoms with Gasteiger partial charge in [-0.15, -0.1) is 0 Å². The van der Waals surface area contributed by atoms with Crippen molar-refractivity contribution >= 4 is 45.0 Å². The Hall–Kier alpha value is -1.85. The Morgan fingerprint density at radius 1 is 1.14 bits per heavy atom. The Morgan fingerprint density at radius 3 is 2.48 bits per heavy atom. The average molecular weight is 368 g/mol. The molecule has 0 aromatic heterocycles. The van der Waals surface area contributed by atoms with Gasteiger partial charge in [-0.05, 0) is 48.9 Å². The van der Waals surface area contributed by atoms with E-state index in [0.717, 1.165) is 10.0 Å². The number of rotatable bonds is 3. The van der Waals surface area contributed by atoms with Crippen LogP contribution in [0.1, 0.15) is 26.3 Å². The second kappa shape index (κ2) is 6.28. The van der Waals surface area contributed by atoms with E-state index in [0.29, 0.717) is 16.3 Å². The van der Waals surface area contributed by atoms with E-state index in [1.54, 1.807) is 12.1 Å². The molecule has 2 rings (SSSR count). The minimum atomic E-state index is -0.583. The summed E-state index contributed by atoms with van der Waals surface area (Å²) in [6, 6.07) is 9.83. The number of nitrogens with two attached hydrogens (primary N) is 1. The molecule has 21 heavy (non-hydrogen) atoms. The van der Waals surface area contributed by atoms with Crippen LogP contribution in [0.5, 0.6) is 0 Å². The Kier molecular flexibility index (Phi) is 4.65. The van der Waals surface area contributed by atoms with Crippen LogP contribution in [-0.2, 0) is 0 Å². The van der Waals surface area contributed by atoms with Crippen molar-refractivity contribution in [1.82, 2.24) is 0 Å². The van der Waals surface area contributed by atoms with Crippen LogP contribution in [0, 0.1) is 6.92 Å². The molecule has 6 heteroatoms. The van der Waals surface area contributed by atoms with Gasteiger partial charge in [0, 0.05) is 15.6 Å². The van der Waals surface area contributed by atoms with Gasteiger partial charge in [0.15, 0.2) is 0 Å². The largest absolute Gasteiger partial charge is 0.366 e. The predicted molar refractivity (Wildman–Crippen MR) is 86.8 cm³/mol. The molecule has 2 amide bonds. The van der Waals surface area contributed by atoms with Crippen molar-refractivity contribution in [3.63, 3.8) is 0 Å². The number of carbonyl (C=O) groups excluding carboxylic acids is 2. The van der Waals surface area contributed by atoms with Crippen LogP contribution >= 0.6 is 27.5 Å². The van der Waals surface area contributed by atoms with E-state index < -0.39 is 5.91 Å². The molecule has 0 spiro atoms. The number of primary amides is 1. The van der Waals surface area contributed by atoms with E-state index in [1.165, 1.54) is 18.2 Å². The first-order valence-corrected chi connectivity index (χ1v) is 7.22. The summed E-state index contributed by atoms with van der Waals surface area (Å²) in [7, 11) is 0. The van der Waals surface area contributed by atoms with Crippen LogP contribution in [-0.4, -0.2) is 11.8 Å². The van der Waals surface area contributed by atoms with Crippen LogP contribution in [0.3, 0.4) is 0 Å². The van der Waals surface area contributed by atoms with Crippen LogP contribution in [0.2, 0.25) is 5.02 Å². The van der Waals surface area contributed by atoms with Gasteiger partial charge in [0.2, 0.25) is 5.91 Å². The maximum Gasteiger partial charge on any atom is 0.255 e. The number of amides is 2. The topological polar surface area (TPSA) is 72.2 Å². The fourth-order valence-corrected chi connectivity index (χ4v) is 2.61. The van der Waals surface area contributed by atoms with Crippen molar-refractivity contribution in [2.75, 3.05) is 5.32 Å². The molecule has 0 heterocycles. The van der Waals surface area contributed by atoms with Crippen molar-refractivity contribution in [1.29, 1.82) is 0 Å². The Labute approximate surface area is 135 Å². The number of nitrogens with one attached hydrogen (secondary N) is 1. The third-order valence-corrected chi connectivity index (χ3v) is 3.59. The fourth-order valence-electron chi connectivity index (χ4n) is 1.84. The first kappa shape index (κ1) is 15.5. The normalized spacial score (nSPS) is 10.2. The van der Waals surface area contributed by atoms with Gasteiger partial charge in [0.1, 0.15) is 0 Å². The van der Waals surface area contributed by atoms with Gasteiger partial charge in [-0.2, -0.15) is 0 Å². The lowest BCUT2D eigenvalue weighted by Crippen LogP contribution is -2.15. The summed E-state index contributed by atoms with van der Waals surface area (Å²) in [5.41, 5.74) is 7.27. The maximum absolute atomic E-state index is 12.2. The first-order valence-electron chi connectivity index (χ1n) is 6.04. The summed E-state index contributed by atoms with van der Waals surface area (Å²) in [6.45, 7) is 1.89. The van der Waals surface area contributed by atoms with Crippen molar-refractivity contribution < 1.29 is 9.59 Å². The molecule has 0 aliphatic carbocycles. The highest BCUT2D eigenvalue weighted by atomic mass is 79.9. The molecule has 4 nitrogen and oxygen atoms in total. The number of anilines is 1. The molecule has 0 radical (unpaired) electrons. The molecule has 0 saturated carbocycles. The summed E-state index contributed by atoms with van der Waals surface area (Å²) in [5, 5.41) is 3.01. The van der Waals surface area contributed by atoms with Gasteiger partial charge in [-0.25, -0.2) is 0 Å². The number of hydrogen-bond acceptors (Lipinski definition) is 2. The van der Waals surface area contributed by atoms with Crippen LogP contribution in [0.4, 0.5) is 5.69 Å². The number of benzene rings is 2. The maximum atomic E-state index is 12.2. The molecular weight excluding hydrogens is 356 g/mol. The second-order valence-electron chi connectivity index (χ2n) is 4.53. The molecule has 0 atom stereocenters. The van der Waals surface area contributed by atoms with Gasteiger partial charge in [-0.3, -0.25) is 9.59 Å². The highest BCUT2D eigenvalue weighted by Gasteiger charge is 2.11. The Balaban J connectivity index is 2.31. The lowest BCUT2D eigenvalue weighted by atomic mass is 10.1. The number of carbonyl (C=O) groups is 2.